The Bertz CT molecular complexity index is 1020. The van der Waals surface area contributed by atoms with E-state index in [0.29, 0.717) is 16.4 Å². The molecule has 0 spiro atoms. The first kappa shape index (κ1) is 20.7. The maximum atomic E-state index is 12.3. The second kappa shape index (κ2) is 9.01. The minimum Gasteiger partial charge on any atom is -0.456 e. The summed E-state index contributed by atoms with van der Waals surface area (Å²) in [5.74, 6) is -0.508. The number of nitrogens with zero attached hydrogens (tertiary/aromatic N) is 2. The van der Waals surface area contributed by atoms with Crippen LogP contribution in [0.4, 0.5) is 10.8 Å². The standard InChI is InChI=1S/C23H24N2O3S/c1-5-18-7-9-19(10-8-18)22(27)28-13-20-14-29-23(24-20)25(17(4)26)21-11-6-15(2)12-16(21)3/h6-12,14H,5,13H2,1-4H3. The van der Waals surface area contributed by atoms with Gasteiger partial charge in [-0.05, 0) is 49.6 Å². The summed E-state index contributed by atoms with van der Waals surface area (Å²) < 4.78 is 5.39. The molecule has 6 heteroatoms. The molecule has 5 nitrogen and oxygen atoms in total. The third kappa shape index (κ3) is 4.90. The van der Waals surface area contributed by atoms with Gasteiger partial charge in [0.1, 0.15) is 6.61 Å². The highest BCUT2D eigenvalue weighted by Gasteiger charge is 2.20. The van der Waals surface area contributed by atoms with Crippen molar-refractivity contribution in [2.45, 2.75) is 40.7 Å². The van der Waals surface area contributed by atoms with Gasteiger partial charge in [-0.1, -0.05) is 36.8 Å². The Labute approximate surface area is 175 Å². The summed E-state index contributed by atoms with van der Waals surface area (Å²) >= 11 is 1.35. The highest BCUT2D eigenvalue weighted by atomic mass is 32.1. The molecule has 1 aromatic heterocycles. The molecule has 0 fully saturated rings. The van der Waals surface area contributed by atoms with E-state index in [-0.39, 0.29) is 18.5 Å². The second-order valence-corrected chi connectivity index (χ2v) is 7.73. The highest BCUT2D eigenvalue weighted by molar-refractivity contribution is 7.14. The fraction of sp³-hybridized carbons (Fsp3) is 0.261. The van der Waals surface area contributed by atoms with Crippen LogP contribution in [0.3, 0.4) is 0 Å². The first-order valence-corrected chi connectivity index (χ1v) is 10.4. The predicted molar refractivity (Wildman–Crippen MR) is 116 cm³/mol. The van der Waals surface area contributed by atoms with Gasteiger partial charge in [-0.3, -0.25) is 9.69 Å². The summed E-state index contributed by atoms with van der Waals surface area (Å²) in [7, 11) is 0. The van der Waals surface area contributed by atoms with Crippen LogP contribution >= 0.6 is 11.3 Å². The van der Waals surface area contributed by atoms with Crippen molar-refractivity contribution in [1.29, 1.82) is 0 Å². The van der Waals surface area contributed by atoms with Crippen molar-refractivity contribution < 1.29 is 14.3 Å². The molecule has 0 saturated heterocycles. The third-order valence-electron chi connectivity index (χ3n) is 4.59. The van der Waals surface area contributed by atoms with Crippen LogP contribution in [-0.2, 0) is 22.6 Å². The number of amides is 1. The number of thiazole rings is 1. The van der Waals surface area contributed by atoms with Crippen molar-refractivity contribution in [3.05, 3.63) is 75.8 Å². The van der Waals surface area contributed by atoms with E-state index >= 15 is 0 Å². The molecule has 0 saturated carbocycles. The first-order valence-electron chi connectivity index (χ1n) is 9.47. The number of hydrogen-bond donors (Lipinski definition) is 0. The van der Waals surface area contributed by atoms with E-state index in [1.165, 1.54) is 23.8 Å². The van der Waals surface area contributed by atoms with Crippen LogP contribution in [0.5, 0.6) is 0 Å². The van der Waals surface area contributed by atoms with Crippen molar-refractivity contribution in [2.75, 3.05) is 4.90 Å². The largest absolute Gasteiger partial charge is 0.456 e. The van der Waals surface area contributed by atoms with Gasteiger partial charge in [0.05, 0.1) is 16.9 Å². The fourth-order valence-corrected chi connectivity index (χ4v) is 3.89. The Morgan fingerprint density at radius 2 is 1.83 bits per heavy atom. The monoisotopic (exact) mass is 408 g/mol. The lowest BCUT2D eigenvalue weighted by atomic mass is 10.1. The molecule has 0 bridgehead atoms. The van der Waals surface area contributed by atoms with Crippen LogP contribution in [0.1, 0.15) is 46.6 Å². The molecule has 150 valence electrons. The lowest BCUT2D eigenvalue weighted by Gasteiger charge is -2.20. The Kier molecular flexibility index (Phi) is 6.44. The number of aryl methyl sites for hydroxylation is 3. The van der Waals surface area contributed by atoms with E-state index in [2.05, 4.69) is 11.9 Å². The molecule has 1 heterocycles. The van der Waals surface area contributed by atoms with Gasteiger partial charge in [-0.15, -0.1) is 11.3 Å². The van der Waals surface area contributed by atoms with Crippen molar-refractivity contribution >= 4 is 34.0 Å². The average molecular weight is 409 g/mol. The molecular formula is C23H24N2O3S. The quantitative estimate of drug-likeness (QED) is 0.515. The molecule has 0 unspecified atom stereocenters. The maximum absolute atomic E-state index is 12.3. The predicted octanol–water partition coefficient (Wildman–Crippen LogP) is 5.36. The minimum atomic E-state index is -0.389. The second-order valence-electron chi connectivity index (χ2n) is 6.89. The van der Waals surface area contributed by atoms with Gasteiger partial charge >= 0.3 is 5.97 Å². The number of carbonyl (C=O) groups excluding carboxylic acids is 2. The molecule has 0 aliphatic rings. The van der Waals surface area contributed by atoms with Crippen LogP contribution in [0.2, 0.25) is 0 Å². The molecule has 0 radical (unpaired) electrons. The lowest BCUT2D eigenvalue weighted by molar-refractivity contribution is -0.115. The lowest BCUT2D eigenvalue weighted by Crippen LogP contribution is -2.23. The molecule has 0 atom stereocenters. The van der Waals surface area contributed by atoms with Crippen molar-refractivity contribution in [1.82, 2.24) is 4.98 Å². The van der Waals surface area contributed by atoms with Gasteiger partial charge in [0.25, 0.3) is 0 Å². The Morgan fingerprint density at radius 3 is 2.45 bits per heavy atom. The van der Waals surface area contributed by atoms with E-state index in [1.807, 2.05) is 49.6 Å². The topological polar surface area (TPSA) is 59.5 Å². The first-order chi connectivity index (χ1) is 13.9. The van der Waals surface area contributed by atoms with Crippen molar-refractivity contribution in [3.63, 3.8) is 0 Å². The summed E-state index contributed by atoms with van der Waals surface area (Å²) in [5.41, 5.74) is 5.23. The molecule has 3 rings (SSSR count). The zero-order chi connectivity index (χ0) is 21.0. The molecule has 0 aliphatic carbocycles. The van der Waals surface area contributed by atoms with Gasteiger partial charge in [-0.2, -0.15) is 0 Å². The van der Waals surface area contributed by atoms with E-state index in [9.17, 15) is 9.59 Å². The van der Waals surface area contributed by atoms with Crippen LogP contribution in [0, 0.1) is 13.8 Å². The van der Waals surface area contributed by atoms with Crippen LogP contribution in [-0.4, -0.2) is 16.9 Å². The van der Waals surface area contributed by atoms with Crippen LogP contribution < -0.4 is 4.90 Å². The minimum absolute atomic E-state index is 0.0590. The SMILES string of the molecule is CCc1ccc(C(=O)OCc2csc(N(C(C)=O)c3ccc(C)cc3C)n2)cc1. The Morgan fingerprint density at radius 1 is 1.10 bits per heavy atom. The molecule has 2 aromatic carbocycles. The summed E-state index contributed by atoms with van der Waals surface area (Å²) in [6.07, 6.45) is 0.921. The number of rotatable bonds is 6. The number of benzene rings is 2. The van der Waals surface area contributed by atoms with Crippen molar-refractivity contribution in [3.8, 4) is 0 Å². The van der Waals surface area contributed by atoms with Crippen LogP contribution in [0.15, 0.2) is 47.8 Å². The Balaban J connectivity index is 1.73. The molecule has 1 amide bonds. The Hall–Kier alpha value is -2.99. The number of anilines is 2. The maximum Gasteiger partial charge on any atom is 0.338 e. The molecule has 29 heavy (non-hydrogen) atoms. The number of esters is 1. The summed E-state index contributed by atoms with van der Waals surface area (Å²) in [6.45, 7) is 7.62. The van der Waals surface area contributed by atoms with E-state index < -0.39 is 0 Å². The number of ether oxygens (including phenoxy) is 1. The van der Waals surface area contributed by atoms with Crippen LogP contribution in [0.25, 0.3) is 0 Å². The van der Waals surface area contributed by atoms with Gasteiger partial charge < -0.3 is 4.74 Å². The van der Waals surface area contributed by atoms with Gasteiger partial charge in [0, 0.05) is 12.3 Å². The zero-order valence-corrected chi connectivity index (χ0v) is 17.9. The molecule has 0 N–H and O–H groups in total. The highest BCUT2D eigenvalue weighted by Crippen LogP contribution is 2.31. The van der Waals surface area contributed by atoms with Gasteiger partial charge in [0.2, 0.25) is 5.91 Å². The number of carbonyl (C=O) groups is 2. The summed E-state index contributed by atoms with van der Waals surface area (Å²) in [6, 6.07) is 13.3. The fourth-order valence-electron chi connectivity index (χ4n) is 3.03. The van der Waals surface area contributed by atoms with Crippen molar-refractivity contribution in [2.24, 2.45) is 0 Å². The average Bonchev–Trinajstić information content (AvgIpc) is 3.16. The van der Waals surface area contributed by atoms with E-state index in [0.717, 1.165) is 23.2 Å². The number of aromatic nitrogens is 1. The zero-order valence-electron chi connectivity index (χ0n) is 17.1. The summed E-state index contributed by atoms with van der Waals surface area (Å²) in [4.78, 5) is 30.7. The molecular weight excluding hydrogens is 384 g/mol. The smallest absolute Gasteiger partial charge is 0.338 e. The van der Waals surface area contributed by atoms with E-state index in [4.69, 9.17) is 4.74 Å². The molecule has 0 aliphatic heterocycles. The normalized spacial score (nSPS) is 10.6. The van der Waals surface area contributed by atoms with E-state index in [1.54, 1.807) is 17.0 Å². The van der Waals surface area contributed by atoms with Gasteiger partial charge in [-0.25, -0.2) is 9.78 Å². The van der Waals surface area contributed by atoms with Gasteiger partial charge in [0.15, 0.2) is 5.13 Å². The molecule has 3 aromatic rings. The number of hydrogen-bond acceptors (Lipinski definition) is 5. The third-order valence-corrected chi connectivity index (χ3v) is 5.46. The summed E-state index contributed by atoms with van der Waals surface area (Å²) in [5, 5.41) is 2.37.